The van der Waals surface area contributed by atoms with Crippen molar-refractivity contribution >= 4 is 24.5 Å². The average molecular weight is 372 g/mol. The zero-order chi connectivity index (χ0) is 13.8. The normalized spacial score (nSPS) is 10.6. The Kier molecular flexibility index (Phi) is 10.2. The molecule has 1 aromatic rings. The van der Waals surface area contributed by atoms with E-state index in [4.69, 9.17) is 0 Å². The second-order valence-corrected chi connectivity index (χ2v) is 8.75. The molecule has 0 bridgehead atoms. The van der Waals surface area contributed by atoms with Crippen LogP contribution in [-0.2, 0) is 0 Å². The minimum atomic E-state index is -0.150. The van der Waals surface area contributed by atoms with Crippen LogP contribution in [0, 0.1) is 0 Å². The van der Waals surface area contributed by atoms with Crippen molar-refractivity contribution in [2.45, 2.75) is 64.7 Å². The fourth-order valence-electron chi connectivity index (χ4n) is 2.16. The molecule has 0 fully saturated rings. The van der Waals surface area contributed by atoms with Crippen LogP contribution in [0.2, 0.25) is 0 Å². The Morgan fingerprint density at radius 2 is 1.47 bits per heavy atom. The van der Waals surface area contributed by atoms with Gasteiger partial charge in [-0.2, -0.15) is 0 Å². The summed E-state index contributed by atoms with van der Waals surface area (Å²) in [5.74, 6) is 0. The van der Waals surface area contributed by atoms with Crippen LogP contribution in [0.15, 0.2) is 40.5 Å². The summed E-state index contributed by atoms with van der Waals surface area (Å²) in [6, 6.07) is 10.9. The molecule has 0 N–H and O–H groups in total. The Morgan fingerprint density at radius 3 is 2.11 bits per heavy atom. The van der Waals surface area contributed by atoms with Crippen molar-refractivity contribution < 1.29 is 0 Å². The van der Waals surface area contributed by atoms with Crippen LogP contribution in [0.25, 0.3) is 0 Å². The molecule has 0 aliphatic rings. The van der Waals surface area contributed by atoms with Crippen molar-refractivity contribution in [1.29, 1.82) is 0 Å². The predicted molar refractivity (Wildman–Crippen MR) is 88.2 cm³/mol. The van der Waals surface area contributed by atoms with Gasteiger partial charge in [0, 0.05) is 0 Å². The molecule has 0 aliphatic carbocycles. The SMILES string of the molecule is C=C(CCCCCCCCCC)[Te]c1ccccc1. The summed E-state index contributed by atoms with van der Waals surface area (Å²) in [6.07, 6.45) is 12.5. The van der Waals surface area contributed by atoms with Gasteiger partial charge < -0.3 is 0 Å². The first-order valence-corrected chi connectivity index (χ1v) is 10.1. The third-order valence-corrected chi connectivity index (χ3v) is 6.17. The number of unbranched alkanes of at least 4 members (excludes halogenated alkanes) is 7. The topological polar surface area (TPSA) is 0 Å². The zero-order valence-electron chi connectivity index (χ0n) is 12.4. The van der Waals surface area contributed by atoms with Gasteiger partial charge in [0.2, 0.25) is 0 Å². The number of benzene rings is 1. The van der Waals surface area contributed by atoms with Gasteiger partial charge in [-0.1, -0.05) is 0 Å². The monoisotopic (exact) mass is 374 g/mol. The first kappa shape index (κ1) is 16.8. The van der Waals surface area contributed by atoms with E-state index in [1.165, 1.54) is 65.0 Å². The molecule has 0 unspecified atom stereocenters. The molecule has 1 aromatic carbocycles. The second-order valence-electron chi connectivity index (χ2n) is 5.18. The van der Waals surface area contributed by atoms with E-state index in [-0.39, 0.29) is 20.9 Å². The summed E-state index contributed by atoms with van der Waals surface area (Å²) in [4.78, 5) is 0. The van der Waals surface area contributed by atoms with Gasteiger partial charge in [-0.25, -0.2) is 0 Å². The summed E-state index contributed by atoms with van der Waals surface area (Å²) in [6.45, 7) is 6.55. The molecule has 0 saturated carbocycles. The van der Waals surface area contributed by atoms with Crippen LogP contribution in [0.1, 0.15) is 64.7 Å². The van der Waals surface area contributed by atoms with Gasteiger partial charge in [0.15, 0.2) is 0 Å². The van der Waals surface area contributed by atoms with Crippen molar-refractivity contribution in [3.05, 3.63) is 40.5 Å². The summed E-state index contributed by atoms with van der Waals surface area (Å²) in [5, 5.41) is 0. The molecule has 0 heterocycles. The number of hydrogen-bond donors (Lipinski definition) is 0. The summed E-state index contributed by atoms with van der Waals surface area (Å²) >= 11 is -0.150. The van der Waals surface area contributed by atoms with Crippen LogP contribution in [0.4, 0.5) is 0 Å². The van der Waals surface area contributed by atoms with Crippen molar-refractivity contribution in [2.24, 2.45) is 0 Å². The fourth-order valence-corrected chi connectivity index (χ4v) is 4.65. The first-order chi connectivity index (χ1) is 9.33. The molecular weight excluding hydrogens is 344 g/mol. The summed E-state index contributed by atoms with van der Waals surface area (Å²) in [7, 11) is 0. The van der Waals surface area contributed by atoms with Crippen molar-refractivity contribution in [3.63, 3.8) is 0 Å². The molecule has 0 radical (unpaired) electrons. The van der Waals surface area contributed by atoms with E-state index in [2.05, 4.69) is 43.8 Å². The van der Waals surface area contributed by atoms with E-state index in [9.17, 15) is 0 Å². The molecule has 0 amide bonds. The quantitative estimate of drug-likeness (QED) is 0.376. The maximum absolute atomic E-state index is 4.27. The van der Waals surface area contributed by atoms with Gasteiger partial charge in [-0.05, 0) is 0 Å². The Hall–Kier alpha value is -0.250. The van der Waals surface area contributed by atoms with Crippen molar-refractivity contribution in [2.75, 3.05) is 0 Å². The summed E-state index contributed by atoms with van der Waals surface area (Å²) < 4.78 is 3.04. The molecule has 1 heteroatoms. The van der Waals surface area contributed by atoms with Gasteiger partial charge in [0.25, 0.3) is 0 Å². The molecule has 0 spiro atoms. The standard InChI is InChI=1S/C18H28Te/c1-3-4-5-6-7-8-9-11-14-17(2)19-18-15-12-10-13-16-18/h10,12-13,15-16H,2-9,11,14H2,1H3. The van der Waals surface area contributed by atoms with E-state index >= 15 is 0 Å². The number of rotatable bonds is 11. The van der Waals surface area contributed by atoms with Gasteiger partial charge in [-0.15, -0.1) is 0 Å². The van der Waals surface area contributed by atoms with Crippen LogP contribution < -0.4 is 3.61 Å². The Balaban J connectivity index is 1.96. The van der Waals surface area contributed by atoms with Crippen molar-refractivity contribution in [1.82, 2.24) is 0 Å². The molecule has 0 saturated heterocycles. The molecule has 0 aromatic heterocycles. The van der Waals surface area contributed by atoms with Crippen LogP contribution in [0.3, 0.4) is 0 Å². The molecule has 0 nitrogen and oxygen atoms in total. The molecule has 19 heavy (non-hydrogen) atoms. The third kappa shape index (κ3) is 9.31. The van der Waals surface area contributed by atoms with E-state index in [0.717, 1.165) is 0 Å². The van der Waals surface area contributed by atoms with Gasteiger partial charge in [-0.3, -0.25) is 0 Å². The third-order valence-electron chi connectivity index (χ3n) is 3.31. The molecular formula is C18H28Te. The predicted octanol–water partition coefficient (Wildman–Crippen LogP) is 5.06. The van der Waals surface area contributed by atoms with E-state index < -0.39 is 0 Å². The Labute approximate surface area is 129 Å². The Morgan fingerprint density at radius 1 is 0.895 bits per heavy atom. The Bertz CT molecular complexity index is 329. The second kappa shape index (κ2) is 11.6. The zero-order valence-corrected chi connectivity index (χ0v) is 14.7. The van der Waals surface area contributed by atoms with E-state index in [1.807, 2.05) is 0 Å². The molecule has 0 aliphatic heterocycles. The molecule has 106 valence electrons. The fraction of sp³-hybridized carbons (Fsp3) is 0.556. The maximum atomic E-state index is 4.27. The average Bonchev–Trinajstić information content (AvgIpc) is 2.43. The number of hydrogen-bond acceptors (Lipinski definition) is 0. The summed E-state index contributed by atoms with van der Waals surface area (Å²) in [5.41, 5.74) is 0. The minimum absolute atomic E-state index is 0.150. The van der Waals surface area contributed by atoms with Crippen LogP contribution in [-0.4, -0.2) is 20.9 Å². The molecule has 1 rings (SSSR count). The van der Waals surface area contributed by atoms with Gasteiger partial charge in [0.05, 0.1) is 0 Å². The van der Waals surface area contributed by atoms with E-state index in [1.54, 1.807) is 0 Å². The van der Waals surface area contributed by atoms with Gasteiger partial charge >= 0.3 is 130 Å². The first-order valence-electron chi connectivity index (χ1n) is 7.73. The molecule has 0 atom stereocenters. The van der Waals surface area contributed by atoms with Gasteiger partial charge in [0.1, 0.15) is 0 Å². The van der Waals surface area contributed by atoms with E-state index in [0.29, 0.717) is 0 Å². The van der Waals surface area contributed by atoms with Crippen LogP contribution in [0.5, 0.6) is 0 Å². The van der Waals surface area contributed by atoms with Crippen LogP contribution >= 0.6 is 0 Å². The van der Waals surface area contributed by atoms with Crippen molar-refractivity contribution in [3.8, 4) is 0 Å². The number of allylic oxidation sites excluding steroid dienone is 1.